The first-order chi connectivity index (χ1) is 20.5. The highest BCUT2D eigenvalue weighted by molar-refractivity contribution is 6.36. The van der Waals surface area contributed by atoms with Crippen LogP contribution in [0.1, 0.15) is 33.9 Å². The van der Waals surface area contributed by atoms with Gasteiger partial charge in [0.2, 0.25) is 5.78 Å². The first-order valence-corrected chi connectivity index (χ1v) is 13.6. The van der Waals surface area contributed by atoms with Crippen LogP contribution in [-0.4, -0.2) is 70.7 Å². The molecule has 1 aliphatic heterocycles. The predicted molar refractivity (Wildman–Crippen MR) is 154 cm³/mol. The molecule has 42 heavy (non-hydrogen) atoms. The molecule has 1 fully saturated rings. The van der Waals surface area contributed by atoms with Crippen molar-refractivity contribution in [2.75, 3.05) is 33.4 Å². The van der Waals surface area contributed by atoms with Crippen LogP contribution in [-0.2, 0) is 25.7 Å². The number of pyridine rings is 1. The number of nitrogens with one attached hydrogen (secondary N) is 2. The predicted octanol–water partition coefficient (Wildman–Crippen LogP) is 2.87. The van der Waals surface area contributed by atoms with Gasteiger partial charge in [0.05, 0.1) is 37.6 Å². The van der Waals surface area contributed by atoms with Crippen LogP contribution < -0.4 is 10.8 Å². The van der Waals surface area contributed by atoms with E-state index in [4.69, 9.17) is 9.84 Å². The molecule has 1 saturated heterocycles. The highest BCUT2D eigenvalue weighted by Gasteiger charge is 2.25. The number of carbonyl (C=O) groups is 3. The average molecular weight is 569 g/mol. The number of Topliss-reactive ketones (excluding diaryl/α,β-unsaturated/α-hetero) is 1. The van der Waals surface area contributed by atoms with Crippen LogP contribution in [0, 0.1) is 0 Å². The molecule has 2 aromatic carbocycles. The Morgan fingerprint density at radius 1 is 0.976 bits per heavy atom. The minimum Gasteiger partial charge on any atom is -0.379 e. The standard InChI is InChI=1S/C31H32N6O5/c1-41-35-31(40)28(38)20-27(23-6-3-2-4-7-23)33-30(39)25-8-5-14-32-29(25)37-15-13-26(34-37)24-11-9-22(10-12-24)21-36-16-18-42-19-17-36/h2-15,27H,16-21H2,1H3,(H,33,39)(H,35,40). The van der Waals surface area contributed by atoms with Gasteiger partial charge in [0.25, 0.3) is 5.91 Å². The molecule has 0 aliphatic carbocycles. The van der Waals surface area contributed by atoms with Crippen molar-refractivity contribution in [3.63, 3.8) is 0 Å². The largest absolute Gasteiger partial charge is 0.379 e. The summed E-state index contributed by atoms with van der Waals surface area (Å²) in [7, 11) is 1.24. The number of amides is 2. The van der Waals surface area contributed by atoms with E-state index in [1.54, 1.807) is 53.5 Å². The van der Waals surface area contributed by atoms with E-state index in [1.807, 2.05) is 29.7 Å². The van der Waals surface area contributed by atoms with Crippen molar-refractivity contribution < 1.29 is 24.0 Å². The fourth-order valence-electron chi connectivity index (χ4n) is 4.75. The van der Waals surface area contributed by atoms with Crippen LogP contribution in [0.25, 0.3) is 17.1 Å². The lowest BCUT2D eigenvalue weighted by Crippen LogP contribution is -2.36. The zero-order valence-corrected chi connectivity index (χ0v) is 23.2. The minimum atomic E-state index is -0.895. The zero-order chi connectivity index (χ0) is 29.3. The molecule has 2 N–H and O–H groups in total. The molecule has 0 spiro atoms. The fraction of sp³-hybridized carbons (Fsp3) is 0.258. The Morgan fingerprint density at radius 3 is 2.48 bits per heavy atom. The van der Waals surface area contributed by atoms with Crippen LogP contribution >= 0.6 is 0 Å². The summed E-state index contributed by atoms with van der Waals surface area (Å²) in [5.41, 5.74) is 5.86. The summed E-state index contributed by atoms with van der Waals surface area (Å²) in [6, 6.07) is 21.7. The van der Waals surface area contributed by atoms with Gasteiger partial charge in [-0.15, -0.1) is 0 Å². The first kappa shape index (κ1) is 28.8. The number of ketones is 1. The highest BCUT2D eigenvalue weighted by atomic mass is 16.6. The highest BCUT2D eigenvalue weighted by Crippen LogP contribution is 2.22. The fourth-order valence-corrected chi connectivity index (χ4v) is 4.75. The lowest BCUT2D eigenvalue weighted by Gasteiger charge is -2.26. The summed E-state index contributed by atoms with van der Waals surface area (Å²) in [5, 5.41) is 7.59. The molecule has 0 saturated carbocycles. The van der Waals surface area contributed by atoms with Crippen molar-refractivity contribution >= 4 is 17.6 Å². The Labute approximate surface area is 243 Å². The molecule has 1 atom stereocenters. The topological polar surface area (TPSA) is 128 Å². The lowest BCUT2D eigenvalue weighted by molar-refractivity contribution is -0.144. The van der Waals surface area contributed by atoms with E-state index in [0.717, 1.165) is 44.1 Å². The maximum atomic E-state index is 13.5. The molecule has 216 valence electrons. The van der Waals surface area contributed by atoms with Gasteiger partial charge in [0.15, 0.2) is 5.82 Å². The summed E-state index contributed by atoms with van der Waals surface area (Å²) in [5.74, 6) is -1.75. The number of hydrogen-bond donors (Lipinski definition) is 2. The number of nitrogens with zero attached hydrogens (tertiary/aromatic N) is 4. The number of morpholine rings is 1. The van der Waals surface area contributed by atoms with E-state index >= 15 is 0 Å². The third kappa shape index (κ3) is 7.13. The second-order valence-corrected chi connectivity index (χ2v) is 9.80. The van der Waals surface area contributed by atoms with Crippen LogP contribution in [0.5, 0.6) is 0 Å². The molecule has 11 nitrogen and oxygen atoms in total. The molecule has 2 aromatic heterocycles. The van der Waals surface area contributed by atoms with E-state index in [9.17, 15) is 14.4 Å². The van der Waals surface area contributed by atoms with E-state index in [-0.39, 0.29) is 12.0 Å². The molecular weight excluding hydrogens is 536 g/mol. The summed E-state index contributed by atoms with van der Waals surface area (Å²) in [6.45, 7) is 4.26. The Kier molecular flexibility index (Phi) is 9.44. The Morgan fingerprint density at radius 2 is 1.74 bits per heavy atom. The van der Waals surface area contributed by atoms with Crippen molar-refractivity contribution in [2.24, 2.45) is 0 Å². The molecule has 3 heterocycles. The molecule has 11 heteroatoms. The Balaban J connectivity index is 1.33. The van der Waals surface area contributed by atoms with Crippen molar-refractivity contribution in [3.05, 3.63) is 102 Å². The van der Waals surface area contributed by atoms with Crippen LogP contribution in [0.4, 0.5) is 0 Å². The smallest absolute Gasteiger partial charge is 0.310 e. The first-order valence-electron chi connectivity index (χ1n) is 13.6. The van der Waals surface area contributed by atoms with Gasteiger partial charge in [-0.2, -0.15) is 5.10 Å². The molecular formula is C31H32N6O5. The zero-order valence-electron chi connectivity index (χ0n) is 23.2. The quantitative estimate of drug-likeness (QED) is 0.209. The molecule has 2 amide bonds. The number of carbonyl (C=O) groups excluding carboxylic acids is 3. The van der Waals surface area contributed by atoms with Crippen molar-refractivity contribution in [1.29, 1.82) is 0 Å². The maximum Gasteiger partial charge on any atom is 0.310 e. The minimum absolute atomic E-state index is 0.256. The van der Waals surface area contributed by atoms with Crippen molar-refractivity contribution in [3.8, 4) is 17.1 Å². The number of ether oxygens (including phenoxy) is 1. The van der Waals surface area contributed by atoms with Crippen LogP contribution in [0.3, 0.4) is 0 Å². The second-order valence-electron chi connectivity index (χ2n) is 9.80. The van der Waals surface area contributed by atoms with Gasteiger partial charge >= 0.3 is 5.91 Å². The van der Waals surface area contributed by atoms with Gasteiger partial charge in [-0.3, -0.25) is 24.1 Å². The molecule has 4 aromatic rings. The molecule has 1 unspecified atom stereocenters. The lowest BCUT2D eigenvalue weighted by atomic mass is 10.0. The van der Waals surface area contributed by atoms with E-state index < -0.39 is 23.6 Å². The van der Waals surface area contributed by atoms with Crippen LogP contribution in [0.2, 0.25) is 0 Å². The second kappa shape index (κ2) is 13.8. The number of rotatable bonds is 11. The summed E-state index contributed by atoms with van der Waals surface area (Å²) in [6.07, 6.45) is 3.08. The van der Waals surface area contributed by atoms with Crippen molar-refractivity contribution in [2.45, 2.75) is 19.0 Å². The van der Waals surface area contributed by atoms with Gasteiger partial charge in [0, 0.05) is 44.0 Å². The van der Waals surface area contributed by atoms with Gasteiger partial charge in [-0.05, 0) is 29.3 Å². The third-order valence-electron chi connectivity index (χ3n) is 6.94. The van der Waals surface area contributed by atoms with Gasteiger partial charge in [-0.25, -0.2) is 15.1 Å². The Bertz CT molecular complexity index is 1520. The summed E-state index contributed by atoms with van der Waals surface area (Å²) >= 11 is 0. The van der Waals surface area contributed by atoms with E-state index in [0.29, 0.717) is 11.4 Å². The SMILES string of the molecule is CONC(=O)C(=O)CC(NC(=O)c1cccnc1-n1ccc(-c2ccc(CN3CCOCC3)cc2)n1)c1ccccc1. The third-order valence-corrected chi connectivity index (χ3v) is 6.94. The Hall–Kier alpha value is -4.71. The van der Waals surface area contributed by atoms with Crippen LogP contribution in [0.15, 0.2) is 85.2 Å². The van der Waals surface area contributed by atoms with Gasteiger partial charge in [0.1, 0.15) is 0 Å². The van der Waals surface area contributed by atoms with E-state index in [2.05, 4.69) is 32.2 Å². The molecule has 1 aliphatic rings. The monoisotopic (exact) mass is 568 g/mol. The molecule has 5 rings (SSSR count). The summed E-state index contributed by atoms with van der Waals surface area (Å²) in [4.78, 5) is 49.4. The maximum absolute atomic E-state index is 13.5. The number of benzene rings is 2. The van der Waals surface area contributed by atoms with Crippen molar-refractivity contribution in [1.82, 2.24) is 30.5 Å². The average Bonchev–Trinajstić information content (AvgIpc) is 3.52. The molecule has 0 bridgehead atoms. The normalized spacial score (nSPS) is 14.2. The number of hydroxylamine groups is 1. The number of aromatic nitrogens is 3. The van der Waals surface area contributed by atoms with E-state index in [1.165, 1.54) is 12.7 Å². The van der Waals surface area contributed by atoms with Gasteiger partial charge < -0.3 is 10.1 Å². The molecule has 0 radical (unpaired) electrons. The number of hydrogen-bond acceptors (Lipinski definition) is 8. The van der Waals surface area contributed by atoms with Gasteiger partial charge in [-0.1, -0.05) is 54.6 Å². The summed E-state index contributed by atoms with van der Waals surface area (Å²) < 4.78 is 6.99.